The summed E-state index contributed by atoms with van der Waals surface area (Å²) in [4.78, 5) is 38.3. The molecule has 82 heavy (non-hydrogen) atoms. The van der Waals surface area contributed by atoms with Crippen LogP contribution in [0.2, 0.25) is 0 Å². The third-order valence-electron chi connectivity index (χ3n) is 14.1. The van der Waals surface area contributed by atoms with Gasteiger partial charge in [-0.2, -0.15) is 0 Å². The minimum Gasteiger partial charge on any atom is -0.462 e. The second kappa shape index (κ2) is 68.8. The SMILES string of the molecule is CC/C=C\C/C=C\C/C=C\C/C=C\C/C=C\C/C=C\C/C=C\CCCCCCCCCCCCCC(=O)OCC(COC(=O)CC/C=C\C/C=C\C/C=C\C/C=C\CC)OC(=O)CCCCCCCCC/C=C\CCCCCCCCC. The van der Waals surface area contributed by atoms with Gasteiger partial charge in [0.05, 0.1) is 0 Å². The first-order valence-electron chi connectivity index (χ1n) is 33.8. The molecule has 6 nitrogen and oxygen atoms in total. The van der Waals surface area contributed by atoms with E-state index in [0.29, 0.717) is 19.3 Å². The summed E-state index contributed by atoms with van der Waals surface area (Å²) in [7, 11) is 0. The molecule has 0 aliphatic rings. The number of hydrogen-bond acceptors (Lipinski definition) is 6. The average Bonchev–Trinajstić information content (AvgIpc) is 3.47. The highest BCUT2D eigenvalue weighted by molar-refractivity contribution is 5.71. The summed E-state index contributed by atoms with van der Waals surface area (Å²) >= 11 is 0. The predicted molar refractivity (Wildman–Crippen MR) is 357 cm³/mol. The fourth-order valence-corrected chi connectivity index (χ4v) is 9.08. The lowest BCUT2D eigenvalue weighted by atomic mass is 10.0. The molecular weight excluding hydrogens is 1010 g/mol. The molecule has 0 saturated heterocycles. The van der Waals surface area contributed by atoms with Crippen molar-refractivity contribution < 1.29 is 28.6 Å². The minimum atomic E-state index is -0.816. The number of esters is 3. The standard InChI is InChI=1S/C76H124O6/c1-4-7-10-13-16-19-22-25-27-29-31-32-33-34-35-36-37-38-39-40-41-42-43-44-45-47-48-51-54-57-60-63-66-69-75(78)81-72-73(71-80-74(77)68-65-62-59-56-53-50-24-21-18-15-12-9-6-3)82-76(79)70-67-64-61-58-55-52-49-46-30-28-26-23-20-17-14-11-8-5-2/h7,9-10,12,16,18-19,21,25,27-28,30-32,34-35,37-38,40-41,50,53,59,62,73H,4-6,8,11,13-15,17,20,22-24,26,29,33,36,39,42-49,51-52,54-58,60-61,63-72H2,1-3H3/b10-7-,12-9-,19-16-,21-18-,27-25-,30-28-,32-31-,35-34-,38-37-,41-40-,53-50-,62-59-. The zero-order valence-electron chi connectivity index (χ0n) is 53.2. The molecule has 6 heteroatoms. The number of carbonyl (C=O) groups excluding carboxylic acids is 3. The summed E-state index contributed by atoms with van der Waals surface area (Å²) in [6, 6.07) is 0. The molecule has 0 fully saturated rings. The summed E-state index contributed by atoms with van der Waals surface area (Å²) in [5, 5.41) is 0. The van der Waals surface area contributed by atoms with E-state index >= 15 is 0 Å². The molecule has 1 atom stereocenters. The van der Waals surface area contributed by atoms with E-state index in [2.05, 4.69) is 161 Å². The zero-order valence-corrected chi connectivity index (χ0v) is 53.2. The Morgan fingerprint density at radius 1 is 0.256 bits per heavy atom. The molecule has 0 bridgehead atoms. The molecule has 1 unspecified atom stereocenters. The largest absolute Gasteiger partial charge is 0.462 e. The summed E-state index contributed by atoms with van der Waals surface area (Å²) in [6.45, 7) is 6.35. The Balaban J connectivity index is 4.30. The van der Waals surface area contributed by atoms with Crippen molar-refractivity contribution in [1.82, 2.24) is 0 Å². The van der Waals surface area contributed by atoms with E-state index in [4.69, 9.17) is 14.2 Å². The van der Waals surface area contributed by atoms with Crippen LogP contribution in [0.3, 0.4) is 0 Å². The van der Waals surface area contributed by atoms with Crippen LogP contribution in [-0.2, 0) is 28.6 Å². The Kier molecular flexibility index (Phi) is 64.8. The molecule has 0 aromatic rings. The van der Waals surface area contributed by atoms with Gasteiger partial charge in [0.15, 0.2) is 6.10 Å². The molecule has 0 N–H and O–H groups in total. The molecule has 0 aliphatic carbocycles. The highest BCUT2D eigenvalue weighted by Crippen LogP contribution is 2.16. The fraction of sp³-hybridized carbons (Fsp3) is 0.645. The Morgan fingerprint density at radius 2 is 0.500 bits per heavy atom. The lowest BCUT2D eigenvalue weighted by Gasteiger charge is -2.18. The van der Waals surface area contributed by atoms with Gasteiger partial charge in [0.25, 0.3) is 0 Å². The zero-order chi connectivity index (χ0) is 59.2. The summed E-state index contributed by atoms with van der Waals surface area (Å²) in [5.74, 6) is -0.995. The number of unbranched alkanes of at least 4 members (excludes halogenated alkanes) is 25. The van der Waals surface area contributed by atoms with E-state index in [9.17, 15) is 14.4 Å². The van der Waals surface area contributed by atoms with Crippen molar-refractivity contribution in [2.75, 3.05) is 13.2 Å². The molecule has 0 saturated carbocycles. The van der Waals surface area contributed by atoms with Gasteiger partial charge < -0.3 is 14.2 Å². The van der Waals surface area contributed by atoms with Gasteiger partial charge in [0.2, 0.25) is 0 Å². The third kappa shape index (κ3) is 66.1. The average molecular weight is 1130 g/mol. The van der Waals surface area contributed by atoms with Crippen molar-refractivity contribution in [3.8, 4) is 0 Å². The summed E-state index contributed by atoms with van der Waals surface area (Å²) in [5.41, 5.74) is 0. The van der Waals surface area contributed by atoms with Crippen LogP contribution in [0.5, 0.6) is 0 Å². The highest BCUT2D eigenvalue weighted by atomic mass is 16.6. The predicted octanol–water partition coefficient (Wildman–Crippen LogP) is 23.5. The van der Waals surface area contributed by atoms with Crippen LogP contribution in [0.25, 0.3) is 0 Å². The van der Waals surface area contributed by atoms with Crippen LogP contribution in [0.15, 0.2) is 146 Å². The highest BCUT2D eigenvalue weighted by Gasteiger charge is 2.19. The van der Waals surface area contributed by atoms with Gasteiger partial charge in [0.1, 0.15) is 13.2 Å². The molecule has 0 rings (SSSR count). The summed E-state index contributed by atoms with van der Waals surface area (Å²) < 4.78 is 16.9. The molecule has 0 spiro atoms. The number of ether oxygens (including phenoxy) is 3. The molecule has 464 valence electrons. The van der Waals surface area contributed by atoms with E-state index < -0.39 is 6.10 Å². The maximum Gasteiger partial charge on any atom is 0.306 e. The quantitative estimate of drug-likeness (QED) is 0.0261. The second-order valence-corrected chi connectivity index (χ2v) is 22.0. The maximum atomic E-state index is 12.9. The Bertz CT molecular complexity index is 1780. The van der Waals surface area contributed by atoms with Gasteiger partial charge >= 0.3 is 17.9 Å². The van der Waals surface area contributed by atoms with Crippen molar-refractivity contribution in [1.29, 1.82) is 0 Å². The molecule has 0 radical (unpaired) electrons. The lowest BCUT2D eigenvalue weighted by Crippen LogP contribution is -2.30. The monoisotopic (exact) mass is 1130 g/mol. The number of rotatable bonds is 60. The van der Waals surface area contributed by atoms with Gasteiger partial charge in [-0.15, -0.1) is 0 Å². The van der Waals surface area contributed by atoms with E-state index in [1.165, 1.54) is 141 Å². The van der Waals surface area contributed by atoms with Gasteiger partial charge in [0, 0.05) is 19.3 Å². The van der Waals surface area contributed by atoms with Gasteiger partial charge in [-0.25, -0.2) is 0 Å². The third-order valence-corrected chi connectivity index (χ3v) is 14.1. The first-order chi connectivity index (χ1) is 40.5. The topological polar surface area (TPSA) is 78.9 Å². The summed E-state index contributed by atoms with van der Waals surface area (Å²) in [6.07, 6.45) is 98.8. The number of carbonyl (C=O) groups is 3. The van der Waals surface area contributed by atoms with E-state index in [1.807, 2.05) is 6.08 Å². The number of hydrogen-bond donors (Lipinski definition) is 0. The Hall–Kier alpha value is -4.71. The van der Waals surface area contributed by atoms with Crippen LogP contribution >= 0.6 is 0 Å². The van der Waals surface area contributed by atoms with Crippen molar-refractivity contribution >= 4 is 17.9 Å². The first kappa shape index (κ1) is 77.3. The van der Waals surface area contributed by atoms with E-state index in [-0.39, 0.29) is 37.5 Å². The van der Waals surface area contributed by atoms with Crippen molar-refractivity contribution in [2.45, 2.75) is 303 Å². The van der Waals surface area contributed by atoms with Crippen LogP contribution in [0.1, 0.15) is 297 Å². The molecule has 0 aliphatic heterocycles. The maximum absolute atomic E-state index is 12.9. The second-order valence-electron chi connectivity index (χ2n) is 22.0. The lowest BCUT2D eigenvalue weighted by molar-refractivity contribution is -0.166. The van der Waals surface area contributed by atoms with Crippen LogP contribution in [0, 0.1) is 0 Å². The fourth-order valence-electron chi connectivity index (χ4n) is 9.08. The van der Waals surface area contributed by atoms with Crippen molar-refractivity contribution in [3.63, 3.8) is 0 Å². The normalized spacial score (nSPS) is 13.1. The number of allylic oxidation sites excluding steroid dienone is 24. The molecule has 0 aromatic carbocycles. The van der Waals surface area contributed by atoms with Crippen molar-refractivity contribution in [2.24, 2.45) is 0 Å². The molecule has 0 amide bonds. The molecule has 0 aromatic heterocycles. The van der Waals surface area contributed by atoms with Crippen LogP contribution in [-0.4, -0.2) is 37.2 Å². The minimum absolute atomic E-state index is 0.106. The van der Waals surface area contributed by atoms with Crippen LogP contribution in [0.4, 0.5) is 0 Å². The van der Waals surface area contributed by atoms with Gasteiger partial charge in [-0.3, -0.25) is 14.4 Å². The molecular formula is C76H124O6. The van der Waals surface area contributed by atoms with Crippen molar-refractivity contribution in [3.05, 3.63) is 146 Å². The van der Waals surface area contributed by atoms with Gasteiger partial charge in [-0.05, 0) is 128 Å². The first-order valence-corrected chi connectivity index (χ1v) is 33.8. The van der Waals surface area contributed by atoms with E-state index in [1.54, 1.807) is 0 Å². The van der Waals surface area contributed by atoms with Crippen LogP contribution < -0.4 is 0 Å². The van der Waals surface area contributed by atoms with E-state index in [0.717, 1.165) is 109 Å². The Morgan fingerprint density at radius 3 is 0.829 bits per heavy atom. The van der Waals surface area contributed by atoms with Gasteiger partial charge in [-0.1, -0.05) is 295 Å². The smallest absolute Gasteiger partial charge is 0.306 e. The molecule has 0 heterocycles. The Labute approximate surface area is 506 Å².